The van der Waals surface area contributed by atoms with Crippen LogP contribution in [0.25, 0.3) is 22.0 Å². The van der Waals surface area contributed by atoms with Gasteiger partial charge in [-0.3, -0.25) is 4.79 Å². The quantitative estimate of drug-likeness (QED) is 0.267. The monoisotopic (exact) mass is 556 g/mol. The molecule has 0 bridgehead atoms. The van der Waals surface area contributed by atoms with E-state index < -0.39 is 18.2 Å². The van der Waals surface area contributed by atoms with Crippen LogP contribution in [0.3, 0.4) is 0 Å². The number of benzene rings is 2. The van der Waals surface area contributed by atoms with Crippen molar-refractivity contribution in [3.05, 3.63) is 66.5 Å². The smallest absolute Gasteiger partial charge is 0.407 e. The summed E-state index contributed by atoms with van der Waals surface area (Å²) in [6.45, 7) is 2.81. The van der Waals surface area contributed by atoms with Gasteiger partial charge in [-0.25, -0.2) is 24.1 Å². The Morgan fingerprint density at radius 3 is 2.73 bits per heavy atom. The topological polar surface area (TPSA) is 130 Å². The number of nitrogens with one attached hydrogen (secondary N) is 2. The Kier molecular flexibility index (Phi) is 7.08. The van der Waals surface area contributed by atoms with E-state index in [-0.39, 0.29) is 18.4 Å². The van der Waals surface area contributed by atoms with Gasteiger partial charge in [-0.2, -0.15) is 0 Å². The number of carboxylic acid groups (broad SMARTS) is 1. The van der Waals surface area contributed by atoms with Crippen LogP contribution in [-0.2, 0) is 4.79 Å². The average molecular weight is 557 g/mol. The molecule has 1 saturated carbocycles. The number of alkyl halides is 1. The molecule has 41 heavy (non-hydrogen) atoms. The van der Waals surface area contributed by atoms with Crippen molar-refractivity contribution in [2.75, 3.05) is 23.7 Å². The number of hydrogen-bond acceptors (Lipinski definition) is 7. The molecular weight excluding hydrogens is 527 g/mol. The second-order valence-corrected chi connectivity index (χ2v) is 10.4. The van der Waals surface area contributed by atoms with Crippen molar-refractivity contribution < 1.29 is 23.8 Å². The number of rotatable bonds is 7. The van der Waals surface area contributed by atoms with E-state index in [9.17, 15) is 19.1 Å². The van der Waals surface area contributed by atoms with E-state index in [0.717, 1.165) is 29.2 Å². The van der Waals surface area contributed by atoms with Crippen LogP contribution in [0.15, 0.2) is 60.9 Å². The van der Waals surface area contributed by atoms with Crippen molar-refractivity contribution in [1.82, 2.24) is 19.9 Å². The first-order valence-electron chi connectivity index (χ1n) is 13.6. The Balaban J connectivity index is 1.28. The van der Waals surface area contributed by atoms with E-state index in [1.54, 1.807) is 30.6 Å². The lowest BCUT2D eigenvalue weighted by molar-refractivity contribution is -0.117. The SMILES string of the molecule is Cc1ccc2c(NC(=O)[C@H]3C[C@@H]3F)cccc2c1Oc1ncccc1-c1ccnc(NC2CCCN(C(=O)O)C2)n1. The van der Waals surface area contributed by atoms with Crippen LogP contribution in [0, 0.1) is 12.8 Å². The van der Waals surface area contributed by atoms with Gasteiger partial charge >= 0.3 is 6.09 Å². The van der Waals surface area contributed by atoms with Gasteiger partial charge in [0.05, 0.1) is 17.2 Å². The van der Waals surface area contributed by atoms with Crippen molar-refractivity contribution in [3.63, 3.8) is 0 Å². The van der Waals surface area contributed by atoms with Gasteiger partial charge in [-0.15, -0.1) is 0 Å². The first-order valence-corrected chi connectivity index (χ1v) is 13.6. The molecule has 0 spiro atoms. The number of aryl methyl sites for hydroxylation is 1. The Bertz CT molecular complexity index is 1630. The molecule has 1 aliphatic heterocycles. The van der Waals surface area contributed by atoms with E-state index in [0.29, 0.717) is 47.6 Å². The van der Waals surface area contributed by atoms with Crippen LogP contribution in [0.4, 0.5) is 20.8 Å². The normalized spacial score (nSPS) is 20.0. The number of halogens is 1. The molecule has 4 aromatic rings. The zero-order valence-electron chi connectivity index (χ0n) is 22.4. The summed E-state index contributed by atoms with van der Waals surface area (Å²) in [4.78, 5) is 38.8. The van der Waals surface area contributed by atoms with E-state index in [2.05, 4.69) is 25.6 Å². The molecule has 210 valence electrons. The summed E-state index contributed by atoms with van der Waals surface area (Å²) in [5.74, 6) is 0.399. The molecule has 2 amide bonds. The zero-order chi connectivity index (χ0) is 28.5. The minimum atomic E-state index is -1.08. The lowest BCUT2D eigenvalue weighted by atomic mass is 10.0. The molecule has 3 N–H and O–H groups in total. The highest BCUT2D eigenvalue weighted by Gasteiger charge is 2.43. The van der Waals surface area contributed by atoms with Crippen LogP contribution in [-0.4, -0.2) is 62.3 Å². The van der Waals surface area contributed by atoms with Gasteiger partial charge in [0.15, 0.2) is 0 Å². The highest BCUT2D eigenvalue weighted by molar-refractivity contribution is 6.05. The highest BCUT2D eigenvalue weighted by Crippen LogP contribution is 2.40. The molecule has 11 heteroatoms. The minimum Gasteiger partial charge on any atom is -0.465 e. The Labute approximate surface area is 235 Å². The van der Waals surface area contributed by atoms with Gasteiger partial charge in [0.25, 0.3) is 0 Å². The third-order valence-electron chi connectivity index (χ3n) is 7.44. The molecule has 1 saturated heterocycles. The van der Waals surface area contributed by atoms with Gasteiger partial charge in [0.1, 0.15) is 11.9 Å². The number of piperidine rings is 1. The molecule has 1 aliphatic carbocycles. The van der Waals surface area contributed by atoms with Gasteiger partial charge in [-0.05, 0) is 56.0 Å². The van der Waals surface area contributed by atoms with Gasteiger partial charge in [0.2, 0.25) is 17.7 Å². The fourth-order valence-corrected chi connectivity index (χ4v) is 5.14. The maximum Gasteiger partial charge on any atom is 0.407 e. The number of aromatic nitrogens is 3. The first-order chi connectivity index (χ1) is 19.9. The number of carbonyl (C=O) groups is 2. The molecule has 2 aromatic carbocycles. The lowest BCUT2D eigenvalue weighted by Crippen LogP contribution is -2.44. The number of likely N-dealkylation sites (tertiary alicyclic amines) is 1. The average Bonchev–Trinajstić information content (AvgIpc) is 3.72. The number of hydrogen-bond donors (Lipinski definition) is 3. The predicted octanol–water partition coefficient (Wildman–Crippen LogP) is 5.64. The van der Waals surface area contributed by atoms with Crippen LogP contribution in [0.2, 0.25) is 0 Å². The second-order valence-electron chi connectivity index (χ2n) is 10.4. The summed E-state index contributed by atoms with van der Waals surface area (Å²) in [7, 11) is 0. The van der Waals surface area contributed by atoms with Crippen molar-refractivity contribution in [2.24, 2.45) is 5.92 Å². The maximum absolute atomic E-state index is 13.4. The third kappa shape index (κ3) is 5.60. The zero-order valence-corrected chi connectivity index (χ0v) is 22.4. The largest absolute Gasteiger partial charge is 0.465 e. The molecular formula is C30H29FN6O4. The molecule has 2 fully saturated rings. The molecule has 0 radical (unpaired) electrons. The third-order valence-corrected chi connectivity index (χ3v) is 7.44. The molecule has 3 atom stereocenters. The number of pyridine rings is 1. The number of carbonyl (C=O) groups excluding carboxylic acids is 1. The Morgan fingerprint density at radius 1 is 1.07 bits per heavy atom. The summed E-state index contributed by atoms with van der Waals surface area (Å²) in [6.07, 6.45) is 3.10. The summed E-state index contributed by atoms with van der Waals surface area (Å²) in [6, 6.07) is 14.7. The fourth-order valence-electron chi connectivity index (χ4n) is 5.14. The highest BCUT2D eigenvalue weighted by atomic mass is 19.1. The first kappa shape index (κ1) is 26.4. The number of anilines is 2. The Hall–Kier alpha value is -4.80. The molecule has 2 aliphatic rings. The summed E-state index contributed by atoms with van der Waals surface area (Å²) >= 11 is 0. The maximum atomic E-state index is 13.4. The van der Waals surface area contributed by atoms with E-state index in [4.69, 9.17) is 4.74 Å². The van der Waals surface area contributed by atoms with Crippen LogP contribution < -0.4 is 15.4 Å². The fraction of sp³-hybridized carbons (Fsp3) is 0.300. The van der Waals surface area contributed by atoms with Crippen molar-refractivity contribution in [1.29, 1.82) is 0 Å². The molecule has 3 heterocycles. The molecule has 1 unspecified atom stereocenters. The van der Waals surface area contributed by atoms with Crippen LogP contribution >= 0.6 is 0 Å². The van der Waals surface area contributed by atoms with Crippen molar-refractivity contribution >= 4 is 34.4 Å². The number of nitrogens with zero attached hydrogens (tertiary/aromatic N) is 4. The minimum absolute atomic E-state index is 0.0940. The van der Waals surface area contributed by atoms with E-state index in [1.165, 1.54) is 4.90 Å². The summed E-state index contributed by atoms with van der Waals surface area (Å²) in [5, 5.41) is 17.0. The number of amides is 2. The van der Waals surface area contributed by atoms with Gasteiger partial charge in [-0.1, -0.05) is 24.3 Å². The molecule has 2 aromatic heterocycles. The van der Waals surface area contributed by atoms with E-state index in [1.807, 2.05) is 37.3 Å². The van der Waals surface area contributed by atoms with Crippen molar-refractivity contribution in [3.8, 4) is 22.9 Å². The summed E-state index contributed by atoms with van der Waals surface area (Å²) in [5.41, 5.74) is 2.70. The van der Waals surface area contributed by atoms with E-state index >= 15 is 0 Å². The molecule has 6 rings (SSSR count). The number of fused-ring (bicyclic) bond motifs is 1. The van der Waals surface area contributed by atoms with Crippen LogP contribution in [0.5, 0.6) is 11.6 Å². The second kappa shape index (κ2) is 11.0. The standard InChI is InChI=1S/C30H29FN6O4/c1-17-9-10-19-20(6-2-8-24(19)35-27(38)22-15-23(22)31)26(17)41-28-21(7-3-12-32-28)25-11-13-33-29(36-25)34-18-5-4-14-37(16-18)30(39)40/h2-3,6-13,18,22-23H,4-5,14-16H2,1H3,(H,35,38)(H,39,40)(H,33,34,36)/t18?,22-,23-/m0/s1. The summed E-state index contributed by atoms with van der Waals surface area (Å²) < 4.78 is 19.9. The van der Waals surface area contributed by atoms with Crippen molar-refractivity contribution in [2.45, 2.75) is 38.4 Å². The predicted molar refractivity (Wildman–Crippen MR) is 152 cm³/mol. The number of ether oxygens (including phenoxy) is 1. The lowest BCUT2D eigenvalue weighted by Gasteiger charge is -2.31. The molecule has 10 nitrogen and oxygen atoms in total. The van der Waals surface area contributed by atoms with Gasteiger partial charge < -0.3 is 25.4 Å². The Morgan fingerprint density at radius 2 is 1.93 bits per heavy atom. The van der Waals surface area contributed by atoms with Gasteiger partial charge in [0, 0.05) is 48.0 Å². The van der Waals surface area contributed by atoms with Crippen LogP contribution in [0.1, 0.15) is 24.8 Å².